The van der Waals surface area contributed by atoms with Gasteiger partial charge in [-0.25, -0.2) is 9.59 Å². The van der Waals surface area contributed by atoms with Gasteiger partial charge in [-0.05, 0) is 83.3 Å². The molecule has 0 spiro atoms. The second-order valence-electron chi connectivity index (χ2n) is 9.39. The van der Waals surface area contributed by atoms with Gasteiger partial charge in [0.25, 0.3) is 0 Å². The van der Waals surface area contributed by atoms with Crippen LogP contribution < -0.4 is 5.32 Å². The van der Waals surface area contributed by atoms with Crippen molar-refractivity contribution in [3.8, 4) is 11.1 Å². The molecule has 0 fully saturated rings. The Morgan fingerprint density at radius 2 is 1.56 bits per heavy atom. The van der Waals surface area contributed by atoms with E-state index in [1.165, 1.54) is 0 Å². The van der Waals surface area contributed by atoms with Gasteiger partial charge in [-0.15, -0.1) is 0 Å². The van der Waals surface area contributed by atoms with Gasteiger partial charge in [-0.1, -0.05) is 60.7 Å². The van der Waals surface area contributed by atoms with Crippen LogP contribution in [-0.4, -0.2) is 30.3 Å². The highest BCUT2D eigenvalue weighted by Gasteiger charge is 2.31. The maximum absolute atomic E-state index is 12.9. The number of ether oxygens (including phenoxy) is 2. The molecule has 3 aromatic rings. The van der Waals surface area contributed by atoms with E-state index in [1.54, 1.807) is 20.8 Å². The summed E-state index contributed by atoms with van der Waals surface area (Å²) in [6, 6.07) is 23.3. The van der Waals surface area contributed by atoms with Crippen LogP contribution in [0.15, 0.2) is 72.8 Å². The van der Waals surface area contributed by atoms with Crippen molar-refractivity contribution in [1.82, 2.24) is 5.32 Å². The average molecular weight is 569 g/mol. The molecule has 1 aliphatic rings. The number of hydrogen-bond donors (Lipinski definition) is 1. The van der Waals surface area contributed by atoms with Crippen LogP contribution in [0.1, 0.15) is 43.4 Å². The molecule has 0 aliphatic heterocycles. The maximum Gasteiger partial charge on any atom is 0.407 e. The zero-order valence-electron chi connectivity index (χ0n) is 19.5. The van der Waals surface area contributed by atoms with Crippen LogP contribution in [0.2, 0.25) is 0 Å². The summed E-state index contributed by atoms with van der Waals surface area (Å²) in [6.07, 6.45) is -0.320. The lowest BCUT2D eigenvalue weighted by atomic mass is 9.98. The zero-order chi connectivity index (χ0) is 24.3. The minimum absolute atomic E-state index is 0.0474. The van der Waals surface area contributed by atoms with Crippen molar-refractivity contribution in [3.05, 3.63) is 93.1 Å². The Morgan fingerprint density at radius 3 is 2.15 bits per heavy atom. The third-order valence-electron chi connectivity index (χ3n) is 5.66. The monoisotopic (exact) mass is 569 g/mol. The predicted octanol–water partition coefficient (Wildman–Crippen LogP) is 6.08. The Bertz CT molecular complexity index is 1160. The first kappa shape index (κ1) is 24.3. The summed E-state index contributed by atoms with van der Waals surface area (Å²) in [6.45, 7) is 5.60. The van der Waals surface area contributed by atoms with Crippen LogP contribution in [-0.2, 0) is 20.7 Å². The molecule has 3 aromatic carbocycles. The molecule has 1 amide bonds. The third kappa shape index (κ3) is 5.78. The number of alkyl carbamates (subject to hydrolysis) is 1. The first-order valence-electron chi connectivity index (χ1n) is 11.3. The summed E-state index contributed by atoms with van der Waals surface area (Å²) < 4.78 is 12.3. The van der Waals surface area contributed by atoms with Crippen LogP contribution in [0.25, 0.3) is 11.1 Å². The topological polar surface area (TPSA) is 64.6 Å². The molecule has 0 heterocycles. The lowest BCUT2D eigenvalue weighted by molar-refractivity contribution is -0.157. The fraction of sp³-hybridized carbons (Fsp3) is 0.286. The molecule has 4 rings (SSSR count). The summed E-state index contributed by atoms with van der Waals surface area (Å²) in [5.41, 5.74) is 4.87. The first-order chi connectivity index (χ1) is 16.2. The first-order valence-corrected chi connectivity index (χ1v) is 12.4. The van der Waals surface area contributed by atoms with E-state index in [1.807, 2.05) is 48.5 Å². The molecule has 5 nitrogen and oxygen atoms in total. The molecular weight excluding hydrogens is 541 g/mol. The van der Waals surface area contributed by atoms with Crippen molar-refractivity contribution in [2.24, 2.45) is 0 Å². The Labute approximate surface area is 214 Å². The summed E-state index contributed by atoms with van der Waals surface area (Å²) in [4.78, 5) is 25.7. The van der Waals surface area contributed by atoms with E-state index in [2.05, 4.69) is 52.2 Å². The van der Waals surface area contributed by atoms with Crippen LogP contribution >= 0.6 is 22.6 Å². The van der Waals surface area contributed by atoms with Gasteiger partial charge in [0.15, 0.2) is 0 Å². The molecule has 0 aromatic heterocycles. The number of rotatable bonds is 6. The molecule has 0 unspecified atom stereocenters. The molecule has 0 saturated carbocycles. The van der Waals surface area contributed by atoms with Crippen molar-refractivity contribution in [2.45, 2.75) is 44.8 Å². The van der Waals surface area contributed by atoms with Gasteiger partial charge >= 0.3 is 12.1 Å². The second-order valence-corrected chi connectivity index (χ2v) is 10.6. The van der Waals surface area contributed by atoms with E-state index >= 15 is 0 Å². The standard InChI is InChI=1S/C28H28INO4/c1-28(2,3)34-26(31)25(16-18-9-8-10-19(29)15-18)30-27(32)33-17-24-22-13-6-4-11-20(22)21-12-5-7-14-23(21)24/h4-15,24-25H,16-17H2,1-3H3,(H,30,32)/t25-/m0/s1. The van der Waals surface area contributed by atoms with Crippen LogP contribution in [0, 0.1) is 3.57 Å². The molecule has 1 aliphatic carbocycles. The van der Waals surface area contributed by atoms with E-state index in [0.29, 0.717) is 6.42 Å². The fourth-order valence-electron chi connectivity index (χ4n) is 4.25. The highest BCUT2D eigenvalue weighted by Crippen LogP contribution is 2.44. The summed E-state index contributed by atoms with van der Waals surface area (Å²) in [7, 11) is 0. The van der Waals surface area contributed by atoms with Gasteiger partial charge in [0.1, 0.15) is 18.2 Å². The predicted molar refractivity (Wildman–Crippen MR) is 141 cm³/mol. The van der Waals surface area contributed by atoms with Gasteiger partial charge < -0.3 is 14.8 Å². The molecule has 34 heavy (non-hydrogen) atoms. The molecule has 1 atom stereocenters. The quantitative estimate of drug-likeness (QED) is 0.289. The molecule has 0 radical (unpaired) electrons. The van der Waals surface area contributed by atoms with Crippen molar-refractivity contribution in [1.29, 1.82) is 0 Å². The van der Waals surface area contributed by atoms with Crippen LogP contribution in [0.4, 0.5) is 4.79 Å². The van der Waals surface area contributed by atoms with Crippen molar-refractivity contribution < 1.29 is 19.1 Å². The Hall–Kier alpha value is -2.87. The molecule has 1 N–H and O–H groups in total. The molecule has 176 valence electrons. The number of amides is 1. The molecule has 0 bridgehead atoms. The Kier molecular flexibility index (Phi) is 7.26. The summed E-state index contributed by atoms with van der Waals surface area (Å²) in [5.74, 6) is -0.534. The van der Waals surface area contributed by atoms with Gasteiger partial charge in [-0.3, -0.25) is 0 Å². The smallest absolute Gasteiger partial charge is 0.407 e. The lowest BCUT2D eigenvalue weighted by Gasteiger charge is -2.25. The normalized spacial score (nSPS) is 13.5. The number of nitrogens with one attached hydrogen (secondary N) is 1. The van der Waals surface area contributed by atoms with Gasteiger partial charge in [0, 0.05) is 15.9 Å². The number of carbonyl (C=O) groups excluding carboxylic acids is 2. The number of hydrogen-bond acceptors (Lipinski definition) is 4. The Balaban J connectivity index is 1.47. The highest BCUT2D eigenvalue weighted by atomic mass is 127. The molecule has 0 saturated heterocycles. The minimum atomic E-state index is -0.854. The van der Waals surface area contributed by atoms with Crippen LogP contribution in [0.5, 0.6) is 0 Å². The average Bonchev–Trinajstić information content (AvgIpc) is 3.10. The van der Waals surface area contributed by atoms with E-state index in [9.17, 15) is 9.59 Å². The fourth-order valence-corrected chi connectivity index (χ4v) is 4.86. The zero-order valence-corrected chi connectivity index (χ0v) is 21.7. The second kappa shape index (κ2) is 10.2. The lowest BCUT2D eigenvalue weighted by Crippen LogP contribution is -2.46. The van der Waals surface area contributed by atoms with E-state index in [0.717, 1.165) is 31.4 Å². The minimum Gasteiger partial charge on any atom is -0.458 e. The van der Waals surface area contributed by atoms with E-state index in [-0.39, 0.29) is 12.5 Å². The van der Waals surface area contributed by atoms with E-state index in [4.69, 9.17) is 9.47 Å². The van der Waals surface area contributed by atoms with Gasteiger partial charge in [0.05, 0.1) is 0 Å². The molecular formula is C28H28INO4. The maximum atomic E-state index is 12.9. The number of halogens is 1. The third-order valence-corrected chi connectivity index (χ3v) is 6.33. The summed E-state index contributed by atoms with van der Waals surface area (Å²) >= 11 is 2.22. The number of fused-ring (bicyclic) bond motifs is 3. The largest absolute Gasteiger partial charge is 0.458 e. The van der Waals surface area contributed by atoms with Crippen molar-refractivity contribution >= 4 is 34.7 Å². The van der Waals surface area contributed by atoms with Crippen LogP contribution in [0.3, 0.4) is 0 Å². The highest BCUT2D eigenvalue weighted by molar-refractivity contribution is 14.1. The van der Waals surface area contributed by atoms with Crippen molar-refractivity contribution in [2.75, 3.05) is 6.61 Å². The number of benzene rings is 3. The SMILES string of the molecule is CC(C)(C)OC(=O)[C@H](Cc1cccc(I)c1)NC(=O)OCC1c2ccccc2-c2ccccc21. The van der Waals surface area contributed by atoms with Crippen molar-refractivity contribution in [3.63, 3.8) is 0 Å². The molecule has 6 heteroatoms. The van der Waals surface area contributed by atoms with Gasteiger partial charge in [0.2, 0.25) is 0 Å². The number of carbonyl (C=O) groups is 2. The summed E-state index contributed by atoms with van der Waals surface area (Å²) in [5, 5.41) is 2.74. The van der Waals surface area contributed by atoms with E-state index < -0.39 is 23.7 Å². The van der Waals surface area contributed by atoms with Gasteiger partial charge in [-0.2, -0.15) is 0 Å². The number of esters is 1. The Morgan fingerprint density at radius 1 is 0.941 bits per heavy atom.